The fourth-order valence-electron chi connectivity index (χ4n) is 1.93. The Kier molecular flexibility index (Phi) is 5.54. The first-order chi connectivity index (χ1) is 12.8. The number of benzene rings is 1. The summed E-state index contributed by atoms with van der Waals surface area (Å²) in [5, 5.41) is -0.842. The SMILES string of the molecule is FC(F)(F)C(F)(F)C1=NC(C(F)(F)F)(C(F)(F)F)N=C(c2cc(Cl)cc(Cl)c2)O1. The van der Waals surface area contributed by atoms with E-state index in [2.05, 4.69) is 9.73 Å². The van der Waals surface area contributed by atoms with Crippen molar-refractivity contribution in [3.05, 3.63) is 33.8 Å². The van der Waals surface area contributed by atoms with Gasteiger partial charge in [0.15, 0.2) is 0 Å². The van der Waals surface area contributed by atoms with Crippen molar-refractivity contribution in [1.82, 2.24) is 0 Å². The van der Waals surface area contributed by atoms with Crippen LogP contribution in [0.3, 0.4) is 0 Å². The van der Waals surface area contributed by atoms with E-state index in [4.69, 9.17) is 23.2 Å². The summed E-state index contributed by atoms with van der Waals surface area (Å²) < 4.78 is 148. The minimum absolute atomic E-state index is 0.421. The molecule has 0 spiro atoms. The van der Waals surface area contributed by atoms with Crippen LogP contribution < -0.4 is 0 Å². The fraction of sp³-hybridized carbons (Fsp3) is 0.385. The zero-order valence-electron chi connectivity index (χ0n) is 12.9. The molecule has 0 unspecified atom stereocenters. The van der Waals surface area contributed by atoms with Gasteiger partial charge in [-0.1, -0.05) is 23.2 Å². The number of hydrogen-bond acceptors (Lipinski definition) is 3. The minimum Gasteiger partial charge on any atom is -0.418 e. The van der Waals surface area contributed by atoms with Crippen molar-refractivity contribution in [2.75, 3.05) is 0 Å². The largest absolute Gasteiger partial charge is 0.463 e. The lowest BCUT2D eigenvalue weighted by Crippen LogP contribution is -2.59. The molecule has 162 valence electrons. The molecule has 0 saturated heterocycles. The summed E-state index contributed by atoms with van der Waals surface area (Å²) in [4.78, 5) is 3.73. The van der Waals surface area contributed by atoms with E-state index in [1.807, 2.05) is 0 Å². The molecule has 1 aromatic rings. The van der Waals surface area contributed by atoms with Crippen LogP contribution in [0.4, 0.5) is 48.3 Å². The first-order valence-corrected chi connectivity index (χ1v) is 7.50. The maximum atomic E-state index is 13.6. The van der Waals surface area contributed by atoms with Gasteiger partial charge in [-0.25, -0.2) is 9.98 Å². The molecular weight excluding hydrogens is 480 g/mol. The van der Waals surface area contributed by atoms with Crippen molar-refractivity contribution >= 4 is 35.0 Å². The normalized spacial score (nSPS) is 18.1. The van der Waals surface area contributed by atoms with Crippen LogP contribution >= 0.6 is 23.2 Å². The van der Waals surface area contributed by atoms with Crippen molar-refractivity contribution in [2.45, 2.75) is 30.1 Å². The van der Waals surface area contributed by atoms with Crippen LogP contribution in [-0.4, -0.2) is 41.9 Å². The molecule has 1 aliphatic rings. The highest BCUT2D eigenvalue weighted by atomic mass is 35.5. The third-order valence-corrected chi connectivity index (χ3v) is 3.68. The van der Waals surface area contributed by atoms with Crippen molar-refractivity contribution in [1.29, 1.82) is 0 Å². The lowest BCUT2D eigenvalue weighted by Gasteiger charge is -2.35. The Bertz CT molecular complexity index is 837. The second-order valence-electron chi connectivity index (χ2n) is 5.33. The number of alkyl halides is 11. The van der Waals surface area contributed by atoms with Crippen LogP contribution in [0, 0.1) is 0 Å². The minimum atomic E-state index is -6.64. The molecule has 0 aromatic heterocycles. The predicted molar refractivity (Wildman–Crippen MR) is 77.4 cm³/mol. The van der Waals surface area contributed by atoms with E-state index >= 15 is 0 Å². The Balaban J connectivity index is 2.86. The van der Waals surface area contributed by atoms with Gasteiger partial charge in [0.25, 0.3) is 5.90 Å². The average molecular weight is 483 g/mol. The van der Waals surface area contributed by atoms with Crippen molar-refractivity contribution in [3.63, 3.8) is 0 Å². The maximum Gasteiger partial charge on any atom is 0.463 e. The van der Waals surface area contributed by atoms with Crippen LogP contribution in [0.5, 0.6) is 0 Å². The van der Waals surface area contributed by atoms with Gasteiger partial charge in [0.05, 0.1) is 0 Å². The molecular formula is C13H3Cl2F11N2O. The molecule has 1 aromatic carbocycles. The van der Waals surface area contributed by atoms with Gasteiger partial charge in [0, 0.05) is 15.6 Å². The lowest BCUT2D eigenvalue weighted by atomic mass is 10.1. The molecule has 0 amide bonds. The zero-order valence-corrected chi connectivity index (χ0v) is 14.5. The van der Waals surface area contributed by atoms with Gasteiger partial charge in [-0.2, -0.15) is 48.3 Å². The molecule has 0 N–H and O–H groups in total. The fourth-order valence-corrected chi connectivity index (χ4v) is 2.45. The van der Waals surface area contributed by atoms with Gasteiger partial charge in [0.1, 0.15) is 0 Å². The average Bonchev–Trinajstić information content (AvgIpc) is 2.50. The Morgan fingerprint density at radius 3 is 1.55 bits per heavy atom. The van der Waals surface area contributed by atoms with Crippen LogP contribution in [0.15, 0.2) is 28.2 Å². The number of nitrogens with zero attached hydrogens (tertiary/aromatic N) is 2. The number of ether oxygens (including phenoxy) is 1. The summed E-state index contributed by atoms with van der Waals surface area (Å²) in [7, 11) is 0. The summed E-state index contributed by atoms with van der Waals surface area (Å²) in [5.41, 5.74) is -6.64. The first kappa shape index (κ1) is 23.4. The molecule has 0 fully saturated rings. The van der Waals surface area contributed by atoms with Gasteiger partial charge in [-0.3, -0.25) is 0 Å². The molecule has 0 atom stereocenters. The summed E-state index contributed by atoms with van der Waals surface area (Å²) in [6.45, 7) is 0. The van der Waals surface area contributed by atoms with E-state index in [0.717, 1.165) is 6.07 Å². The van der Waals surface area contributed by atoms with E-state index < -0.39 is 57.5 Å². The molecule has 2 rings (SSSR count). The predicted octanol–water partition coefficient (Wildman–Crippen LogP) is 6.19. The Hall–Kier alpha value is -1.83. The van der Waals surface area contributed by atoms with Crippen molar-refractivity contribution < 1.29 is 53.0 Å². The molecule has 0 aliphatic carbocycles. The molecule has 0 saturated carbocycles. The van der Waals surface area contributed by atoms with E-state index in [9.17, 15) is 48.3 Å². The Labute approximate surface area is 162 Å². The first-order valence-electron chi connectivity index (χ1n) is 6.74. The molecule has 1 heterocycles. The molecule has 1 aliphatic heterocycles. The molecule has 3 nitrogen and oxygen atoms in total. The van der Waals surface area contributed by atoms with Gasteiger partial charge < -0.3 is 4.74 Å². The zero-order chi connectivity index (χ0) is 22.6. The van der Waals surface area contributed by atoms with Crippen molar-refractivity contribution in [2.24, 2.45) is 9.98 Å². The smallest absolute Gasteiger partial charge is 0.418 e. The quantitative estimate of drug-likeness (QED) is 0.463. The summed E-state index contributed by atoms with van der Waals surface area (Å²) >= 11 is 11.0. The third kappa shape index (κ3) is 4.09. The van der Waals surface area contributed by atoms with Gasteiger partial charge in [-0.05, 0) is 18.2 Å². The second-order valence-corrected chi connectivity index (χ2v) is 6.21. The Morgan fingerprint density at radius 2 is 1.17 bits per heavy atom. The summed E-state index contributed by atoms with van der Waals surface area (Å²) in [6, 6.07) is 2.10. The van der Waals surface area contributed by atoms with E-state index in [1.165, 1.54) is 4.99 Å². The lowest BCUT2D eigenvalue weighted by molar-refractivity contribution is -0.296. The molecule has 0 bridgehead atoms. The number of halogens is 13. The van der Waals surface area contributed by atoms with Gasteiger partial charge in [-0.15, -0.1) is 0 Å². The number of hydrogen-bond donors (Lipinski definition) is 0. The number of aliphatic imine (C=N–C) groups is 2. The highest BCUT2D eigenvalue weighted by Crippen LogP contribution is 2.50. The molecule has 16 heteroatoms. The van der Waals surface area contributed by atoms with E-state index in [0.29, 0.717) is 12.1 Å². The maximum absolute atomic E-state index is 13.6. The van der Waals surface area contributed by atoms with Crippen LogP contribution in [0.1, 0.15) is 5.56 Å². The number of rotatable bonds is 2. The monoisotopic (exact) mass is 482 g/mol. The van der Waals surface area contributed by atoms with E-state index in [1.54, 1.807) is 0 Å². The van der Waals surface area contributed by atoms with Crippen LogP contribution in [0.2, 0.25) is 10.0 Å². The standard InChI is InChI=1S/C13H3Cl2F11N2O/c14-5-1-4(2-6(15)3-5)7-27-10(12(21,22)23,13(24,25)26)28-8(29-7)9(16,17)11(18,19)20/h1-3H. The van der Waals surface area contributed by atoms with Gasteiger partial charge in [0.2, 0.25) is 5.90 Å². The second kappa shape index (κ2) is 6.86. The highest BCUT2D eigenvalue weighted by molar-refractivity contribution is 6.35. The third-order valence-electron chi connectivity index (χ3n) is 3.24. The van der Waals surface area contributed by atoms with Crippen LogP contribution in [-0.2, 0) is 4.74 Å². The molecule has 0 radical (unpaired) electrons. The van der Waals surface area contributed by atoms with Gasteiger partial charge >= 0.3 is 30.1 Å². The molecule has 29 heavy (non-hydrogen) atoms. The summed E-state index contributed by atoms with van der Waals surface area (Å²) in [5.74, 6) is -11.4. The van der Waals surface area contributed by atoms with Crippen molar-refractivity contribution in [3.8, 4) is 0 Å². The topological polar surface area (TPSA) is 34.0 Å². The summed E-state index contributed by atoms with van der Waals surface area (Å²) in [6.07, 6.45) is -19.8. The highest BCUT2D eigenvalue weighted by Gasteiger charge is 2.76. The van der Waals surface area contributed by atoms with Crippen LogP contribution in [0.25, 0.3) is 0 Å². The van der Waals surface area contributed by atoms with E-state index in [-0.39, 0.29) is 0 Å². The Morgan fingerprint density at radius 1 is 0.724 bits per heavy atom.